The zero-order valence-electron chi connectivity index (χ0n) is 17.3. The second kappa shape index (κ2) is 10.4. The highest BCUT2D eigenvalue weighted by molar-refractivity contribution is 6.60. The maximum Gasteiger partial charge on any atom is 0.501 e. The quantitative estimate of drug-likeness (QED) is 0.381. The lowest BCUT2D eigenvalue weighted by Crippen LogP contribution is -2.46. The van der Waals surface area contributed by atoms with Gasteiger partial charge in [-0.05, 0) is 45.4 Å². The number of rotatable bonds is 12. The van der Waals surface area contributed by atoms with Gasteiger partial charge in [0.15, 0.2) is 0 Å². The zero-order chi connectivity index (χ0) is 19.8. The van der Waals surface area contributed by atoms with Gasteiger partial charge in [0.25, 0.3) is 0 Å². The smallest absolute Gasteiger partial charge is 0.494 e. The Hall–Kier alpha value is -1.12. The van der Waals surface area contributed by atoms with Crippen LogP contribution in [0.5, 0.6) is 11.5 Å². The van der Waals surface area contributed by atoms with Crippen molar-refractivity contribution in [1.82, 2.24) is 0 Å². The molecule has 1 atom stereocenters. The van der Waals surface area contributed by atoms with Crippen molar-refractivity contribution in [2.45, 2.75) is 65.9 Å². The van der Waals surface area contributed by atoms with Gasteiger partial charge in [0.2, 0.25) is 5.79 Å². The first-order chi connectivity index (χ1) is 13.0. The molecule has 0 saturated heterocycles. The molecule has 0 bridgehead atoms. The predicted molar refractivity (Wildman–Crippen MR) is 106 cm³/mol. The predicted octanol–water partition coefficient (Wildman–Crippen LogP) is 4.54. The molecule has 7 heteroatoms. The highest BCUT2D eigenvalue weighted by atomic mass is 28.4. The van der Waals surface area contributed by atoms with Crippen molar-refractivity contribution in [3.8, 4) is 11.5 Å². The minimum Gasteiger partial charge on any atom is -0.494 e. The third kappa shape index (κ3) is 6.19. The number of benzene rings is 1. The van der Waals surface area contributed by atoms with Gasteiger partial charge in [-0.1, -0.05) is 6.92 Å². The van der Waals surface area contributed by atoms with Crippen LogP contribution < -0.4 is 9.47 Å². The van der Waals surface area contributed by atoms with Gasteiger partial charge in [0, 0.05) is 44.8 Å². The van der Waals surface area contributed by atoms with E-state index in [4.69, 9.17) is 27.5 Å². The molecule has 6 nitrogen and oxygen atoms in total. The second-order valence-electron chi connectivity index (χ2n) is 6.58. The van der Waals surface area contributed by atoms with Gasteiger partial charge in [-0.25, -0.2) is 0 Å². The Balaban J connectivity index is 1.88. The first-order valence-corrected chi connectivity index (χ1v) is 11.9. The van der Waals surface area contributed by atoms with E-state index in [0.717, 1.165) is 35.9 Å². The van der Waals surface area contributed by atoms with E-state index < -0.39 is 14.6 Å². The van der Waals surface area contributed by atoms with Crippen LogP contribution in [0.25, 0.3) is 0 Å². The van der Waals surface area contributed by atoms with Gasteiger partial charge >= 0.3 is 8.80 Å². The zero-order valence-corrected chi connectivity index (χ0v) is 18.3. The van der Waals surface area contributed by atoms with Gasteiger partial charge in [-0.15, -0.1) is 0 Å². The van der Waals surface area contributed by atoms with Crippen LogP contribution in [0.15, 0.2) is 18.2 Å². The average Bonchev–Trinajstić information content (AvgIpc) is 2.66. The summed E-state index contributed by atoms with van der Waals surface area (Å²) >= 11 is 0. The van der Waals surface area contributed by atoms with Crippen molar-refractivity contribution in [2.75, 3.05) is 26.4 Å². The van der Waals surface area contributed by atoms with Crippen LogP contribution in [-0.2, 0) is 24.6 Å². The normalized spacial score (nSPS) is 19.4. The molecule has 1 aliphatic rings. The van der Waals surface area contributed by atoms with Crippen LogP contribution in [-0.4, -0.2) is 41.0 Å². The molecule has 0 fully saturated rings. The average molecular weight is 399 g/mol. The molecule has 0 saturated carbocycles. The lowest BCUT2D eigenvalue weighted by molar-refractivity contribution is -0.194. The number of hydrogen-bond acceptors (Lipinski definition) is 6. The summed E-state index contributed by atoms with van der Waals surface area (Å²) < 4.78 is 35.3. The molecule has 1 heterocycles. The van der Waals surface area contributed by atoms with E-state index >= 15 is 0 Å². The minimum absolute atomic E-state index is 0.534. The molecule has 1 aliphatic heterocycles. The SMILES string of the molecule is CCO[Si](CCCOc1ccc2c(c1)COC(C)(CC)O2)(OCC)OCC. The highest BCUT2D eigenvalue weighted by Crippen LogP contribution is 2.35. The van der Waals surface area contributed by atoms with Gasteiger partial charge in [0.1, 0.15) is 11.5 Å². The van der Waals surface area contributed by atoms with E-state index in [2.05, 4.69) is 6.92 Å². The summed E-state index contributed by atoms with van der Waals surface area (Å²) in [5.74, 6) is 1.15. The third-order valence-electron chi connectivity index (χ3n) is 4.52. The molecule has 1 aromatic carbocycles. The van der Waals surface area contributed by atoms with E-state index in [1.165, 1.54) is 0 Å². The fourth-order valence-corrected chi connectivity index (χ4v) is 5.58. The molecule has 0 aromatic heterocycles. The molecule has 1 unspecified atom stereocenters. The van der Waals surface area contributed by atoms with Crippen molar-refractivity contribution in [3.63, 3.8) is 0 Å². The summed E-state index contributed by atoms with van der Waals surface area (Å²) in [5, 5.41) is 0. The number of hydrogen-bond donors (Lipinski definition) is 0. The standard InChI is InChI=1S/C20H34O6Si/c1-6-20(5)22-16-17-15-18(11-12-19(17)26-20)21-13-10-14-27(23-7-2,24-8-3)25-9-4/h11-12,15H,6-10,13-14,16H2,1-5H3. The Labute approximate surface area is 164 Å². The van der Waals surface area contributed by atoms with E-state index in [1.54, 1.807) is 0 Å². The van der Waals surface area contributed by atoms with E-state index in [-0.39, 0.29) is 0 Å². The summed E-state index contributed by atoms with van der Waals surface area (Å²) in [7, 11) is -2.60. The summed E-state index contributed by atoms with van der Waals surface area (Å²) in [6.07, 6.45) is 1.61. The lowest BCUT2D eigenvalue weighted by Gasteiger charge is -2.35. The molecule has 154 valence electrons. The summed E-state index contributed by atoms with van der Waals surface area (Å²) in [6.45, 7) is 12.8. The Morgan fingerprint density at radius 1 is 1.04 bits per heavy atom. The number of ether oxygens (including phenoxy) is 3. The van der Waals surface area contributed by atoms with Gasteiger partial charge < -0.3 is 27.5 Å². The van der Waals surface area contributed by atoms with Gasteiger partial charge in [-0.3, -0.25) is 0 Å². The molecule has 1 aromatic rings. The van der Waals surface area contributed by atoms with Crippen molar-refractivity contribution >= 4 is 8.80 Å². The van der Waals surface area contributed by atoms with Crippen LogP contribution in [0, 0.1) is 0 Å². The molecular weight excluding hydrogens is 364 g/mol. The molecule has 0 aliphatic carbocycles. The van der Waals surface area contributed by atoms with Crippen LogP contribution in [0.2, 0.25) is 6.04 Å². The van der Waals surface area contributed by atoms with Crippen molar-refractivity contribution in [1.29, 1.82) is 0 Å². The molecule has 27 heavy (non-hydrogen) atoms. The van der Waals surface area contributed by atoms with Crippen LogP contribution in [0.3, 0.4) is 0 Å². The molecule has 0 radical (unpaired) electrons. The molecule has 2 rings (SSSR count). The Bertz CT molecular complexity index is 565. The molecule has 0 N–H and O–H groups in total. The van der Waals surface area contributed by atoms with E-state index in [0.29, 0.717) is 33.0 Å². The summed E-state index contributed by atoms with van der Waals surface area (Å²) in [4.78, 5) is 0. The number of fused-ring (bicyclic) bond motifs is 1. The topological polar surface area (TPSA) is 55.4 Å². The highest BCUT2D eigenvalue weighted by Gasteiger charge is 2.39. The molecular formula is C20H34O6Si. The van der Waals surface area contributed by atoms with E-state index in [1.807, 2.05) is 45.9 Å². The van der Waals surface area contributed by atoms with Crippen molar-refractivity contribution < 1.29 is 27.5 Å². The molecule has 0 spiro atoms. The van der Waals surface area contributed by atoms with Gasteiger partial charge in [-0.2, -0.15) is 0 Å². The van der Waals surface area contributed by atoms with Crippen LogP contribution >= 0.6 is 0 Å². The maximum absolute atomic E-state index is 5.95. The third-order valence-corrected chi connectivity index (χ3v) is 7.67. The fraction of sp³-hybridized carbons (Fsp3) is 0.700. The summed E-state index contributed by atoms with van der Waals surface area (Å²) in [5.41, 5.74) is 1.01. The van der Waals surface area contributed by atoms with Gasteiger partial charge in [0.05, 0.1) is 13.2 Å². The summed E-state index contributed by atoms with van der Waals surface area (Å²) in [6, 6.07) is 6.64. The van der Waals surface area contributed by atoms with Crippen molar-refractivity contribution in [3.05, 3.63) is 23.8 Å². The van der Waals surface area contributed by atoms with Crippen LogP contribution in [0.1, 0.15) is 53.0 Å². The minimum atomic E-state index is -2.60. The second-order valence-corrected chi connectivity index (χ2v) is 9.31. The maximum atomic E-state index is 5.95. The van der Waals surface area contributed by atoms with Crippen molar-refractivity contribution in [2.24, 2.45) is 0 Å². The molecule has 0 amide bonds. The lowest BCUT2D eigenvalue weighted by atomic mass is 10.1. The fourth-order valence-electron chi connectivity index (χ4n) is 3.00. The van der Waals surface area contributed by atoms with Crippen LogP contribution in [0.4, 0.5) is 0 Å². The van der Waals surface area contributed by atoms with E-state index in [9.17, 15) is 0 Å². The Morgan fingerprint density at radius 3 is 2.30 bits per heavy atom. The first-order valence-electron chi connectivity index (χ1n) is 10.00. The Kier molecular flexibility index (Phi) is 8.56. The Morgan fingerprint density at radius 2 is 1.70 bits per heavy atom. The first kappa shape index (κ1) is 22.2. The monoisotopic (exact) mass is 398 g/mol. The largest absolute Gasteiger partial charge is 0.501 e.